The van der Waals surface area contributed by atoms with Gasteiger partial charge in [-0.25, -0.2) is 10.6 Å². The van der Waals surface area contributed by atoms with E-state index in [0.29, 0.717) is 17.8 Å². The molecule has 106 valence electrons. The SMILES string of the molecule is CC(=O)N(N)C(C(=O)O)C12CC3CC(CC(C3)C1)C2. The number of aliphatic carboxylic acids is 1. The third-order valence-corrected chi connectivity index (χ3v) is 5.54. The highest BCUT2D eigenvalue weighted by molar-refractivity contribution is 5.82. The Balaban J connectivity index is 1.93. The quantitative estimate of drug-likeness (QED) is 0.459. The molecule has 5 nitrogen and oxygen atoms in total. The van der Waals surface area contributed by atoms with E-state index in [1.807, 2.05) is 0 Å². The van der Waals surface area contributed by atoms with E-state index in [-0.39, 0.29) is 11.3 Å². The van der Waals surface area contributed by atoms with Crippen LogP contribution in [0.1, 0.15) is 45.4 Å². The zero-order valence-electron chi connectivity index (χ0n) is 11.3. The first-order chi connectivity index (χ1) is 8.91. The fraction of sp³-hybridized carbons (Fsp3) is 0.857. The number of nitrogens with zero attached hydrogens (tertiary/aromatic N) is 1. The third kappa shape index (κ3) is 1.95. The van der Waals surface area contributed by atoms with Crippen molar-refractivity contribution in [1.29, 1.82) is 0 Å². The van der Waals surface area contributed by atoms with Gasteiger partial charge in [-0.05, 0) is 56.3 Å². The predicted molar refractivity (Wildman–Crippen MR) is 68.7 cm³/mol. The van der Waals surface area contributed by atoms with Crippen molar-refractivity contribution in [3.8, 4) is 0 Å². The normalized spacial score (nSPS) is 41.1. The maximum absolute atomic E-state index is 11.7. The Labute approximate surface area is 113 Å². The Morgan fingerprint density at radius 3 is 1.89 bits per heavy atom. The number of rotatable bonds is 3. The van der Waals surface area contributed by atoms with E-state index < -0.39 is 12.0 Å². The van der Waals surface area contributed by atoms with E-state index in [9.17, 15) is 14.7 Å². The van der Waals surface area contributed by atoms with E-state index in [1.165, 1.54) is 26.2 Å². The summed E-state index contributed by atoms with van der Waals surface area (Å²) in [4.78, 5) is 23.2. The highest BCUT2D eigenvalue weighted by Gasteiger charge is 2.57. The molecule has 3 N–H and O–H groups in total. The van der Waals surface area contributed by atoms with Crippen LogP contribution in [0.25, 0.3) is 0 Å². The van der Waals surface area contributed by atoms with Crippen molar-refractivity contribution in [1.82, 2.24) is 5.01 Å². The van der Waals surface area contributed by atoms with E-state index in [4.69, 9.17) is 5.84 Å². The molecule has 0 heterocycles. The van der Waals surface area contributed by atoms with E-state index in [2.05, 4.69) is 0 Å². The summed E-state index contributed by atoms with van der Waals surface area (Å²) < 4.78 is 0. The molecule has 0 aromatic carbocycles. The average Bonchev–Trinajstić information content (AvgIpc) is 2.25. The van der Waals surface area contributed by atoms with Crippen LogP contribution >= 0.6 is 0 Å². The molecule has 0 aromatic rings. The van der Waals surface area contributed by atoms with Gasteiger partial charge in [-0.2, -0.15) is 0 Å². The largest absolute Gasteiger partial charge is 0.480 e. The lowest BCUT2D eigenvalue weighted by atomic mass is 9.47. The Morgan fingerprint density at radius 2 is 1.58 bits per heavy atom. The molecule has 0 spiro atoms. The van der Waals surface area contributed by atoms with Crippen LogP contribution < -0.4 is 5.84 Å². The monoisotopic (exact) mass is 266 g/mol. The van der Waals surface area contributed by atoms with E-state index in [1.54, 1.807) is 0 Å². The number of carboxylic acids is 1. The predicted octanol–water partition coefficient (Wildman–Crippen LogP) is 1.38. The summed E-state index contributed by atoms with van der Waals surface area (Å²) in [5.41, 5.74) is -0.277. The van der Waals surface area contributed by atoms with Crippen molar-refractivity contribution in [2.24, 2.45) is 29.0 Å². The molecule has 4 aliphatic carbocycles. The molecule has 0 aromatic heterocycles. The van der Waals surface area contributed by atoms with Crippen molar-refractivity contribution in [3.05, 3.63) is 0 Å². The standard InChI is InChI=1S/C14H22N2O3/c1-8(17)16(15)12(13(18)19)14-5-9-2-10(6-14)4-11(3-9)7-14/h9-12H,2-7,15H2,1H3,(H,18,19). The minimum atomic E-state index is -0.945. The highest BCUT2D eigenvalue weighted by Crippen LogP contribution is 2.61. The summed E-state index contributed by atoms with van der Waals surface area (Å²) >= 11 is 0. The molecule has 5 heteroatoms. The summed E-state index contributed by atoms with van der Waals surface area (Å²) in [7, 11) is 0. The smallest absolute Gasteiger partial charge is 0.328 e. The van der Waals surface area contributed by atoms with Crippen molar-refractivity contribution >= 4 is 11.9 Å². The number of hydrazine groups is 1. The summed E-state index contributed by atoms with van der Waals surface area (Å²) in [6.45, 7) is 1.34. The summed E-state index contributed by atoms with van der Waals surface area (Å²) in [5, 5.41) is 10.5. The first kappa shape index (κ1) is 12.9. The lowest BCUT2D eigenvalue weighted by molar-refractivity contribution is -0.168. The Morgan fingerprint density at radius 1 is 1.16 bits per heavy atom. The Kier molecular flexibility index (Phi) is 2.85. The average molecular weight is 266 g/mol. The number of hydrogen-bond donors (Lipinski definition) is 2. The van der Waals surface area contributed by atoms with Crippen LogP contribution in [0.15, 0.2) is 0 Å². The Bertz CT molecular complexity index is 386. The number of hydrogen-bond acceptors (Lipinski definition) is 3. The number of amides is 1. The molecule has 0 aliphatic heterocycles. The lowest BCUT2D eigenvalue weighted by Crippen LogP contribution is -2.62. The molecule has 1 unspecified atom stereocenters. The van der Waals surface area contributed by atoms with Gasteiger partial charge in [0, 0.05) is 12.3 Å². The summed E-state index contributed by atoms with van der Waals surface area (Å²) in [6, 6.07) is -0.849. The van der Waals surface area contributed by atoms with Crippen molar-refractivity contribution in [2.75, 3.05) is 0 Å². The first-order valence-corrected chi connectivity index (χ1v) is 7.18. The van der Waals surface area contributed by atoms with Gasteiger partial charge in [-0.1, -0.05) is 0 Å². The molecule has 4 bridgehead atoms. The first-order valence-electron chi connectivity index (χ1n) is 7.18. The lowest BCUT2D eigenvalue weighted by Gasteiger charge is -2.59. The molecule has 4 saturated carbocycles. The van der Waals surface area contributed by atoms with Crippen LogP contribution in [-0.4, -0.2) is 28.0 Å². The molecule has 19 heavy (non-hydrogen) atoms. The molecule has 4 aliphatic rings. The van der Waals surface area contributed by atoms with Crippen LogP contribution in [0.2, 0.25) is 0 Å². The molecular weight excluding hydrogens is 244 g/mol. The fourth-order valence-corrected chi connectivity index (χ4v) is 5.37. The number of carboxylic acid groups (broad SMARTS) is 1. The topological polar surface area (TPSA) is 83.6 Å². The van der Waals surface area contributed by atoms with Crippen LogP contribution in [0, 0.1) is 23.2 Å². The second-order valence-corrected chi connectivity index (χ2v) is 6.95. The molecular formula is C14H22N2O3. The zero-order chi connectivity index (χ0) is 13.8. The fourth-order valence-electron chi connectivity index (χ4n) is 5.37. The van der Waals surface area contributed by atoms with Crippen molar-refractivity contribution in [3.63, 3.8) is 0 Å². The van der Waals surface area contributed by atoms with Gasteiger partial charge in [0.15, 0.2) is 6.04 Å². The van der Waals surface area contributed by atoms with Gasteiger partial charge in [0.1, 0.15) is 0 Å². The van der Waals surface area contributed by atoms with Gasteiger partial charge in [0.25, 0.3) is 0 Å². The maximum atomic E-state index is 11.7. The summed E-state index contributed by atoms with van der Waals surface area (Å²) in [5.74, 6) is 6.42. The minimum Gasteiger partial charge on any atom is -0.480 e. The van der Waals surface area contributed by atoms with Crippen molar-refractivity contribution in [2.45, 2.75) is 51.5 Å². The van der Waals surface area contributed by atoms with Crippen molar-refractivity contribution < 1.29 is 14.7 Å². The maximum Gasteiger partial charge on any atom is 0.328 e. The van der Waals surface area contributed by atoms with E-state index in [0.717, 1.165) is 24.3 Å². The van der Waals surface area contributed by atoms with Crippen LogP contribution in [0.4, 0.5) is 0 Å². The van der Waals surface area contributed by atoms with Gasteiger partial charge in [0.05, 0.1) is 0 Å². The van der Waals surface area contributed by atoms with Crippen LogP contribution in [-0.2, 0) is 9.59 Å². The molecule has 0 radical (unpaired) electrons. The molecule has 4 rings (SSSR count). The number of carbonyl (C=O) groups excluding carboxylic acids is 1. The second-order valence-electron chi connectivity index (χ2n) is 6.95. The minimum absolute atomic E-state index is 0.277. The molecule has 0 saturated heterocycles. The number of carbonyl (C=O) groups is 2. The number of nitrogens with two attached hydrogens (primary N) is 1. The molecule has 1 amide bonds. The van der Waals surface area contributed by atoms with Gasteiger partial charge in [-0.3, -0.25) is 9.80 Å². The van der Waals surface area contributed by atoms with Gasteiger partial charge in [0.2, 0.25) is 5.91 Å². The Hall–Kier alpha value is -1.10. The highest BCUT2D eigenvalue weighted by atomic mass is 16.4. The zero-order valence-corrected chi connectivity index (χ0v) is 11.3. The van der Waals surface area contributed by atoms with Crippen LogP contribution in [0.5, 0.6) is 0 Å². The van der Waals surface area contributed by atoms with Crippen LogP contribution in [0.3, 0.4) is 0 Å². The molecule has 1 atom stereocenters. The van der Waals surface area contributed by atoms with Gasteiger partial charge in [-0.15, -0.1) is 0 Å². The summed E-state index contributed by atoms with van der Waals surface area (Å²) in [6.07, 6.45) is 6.52. The second kappa shape index (κ2) is 4.20. The van der Waals surface area contributed by atoms with Gasteiger partial charge < -0.3 is 5.11 Å². The van der Waals surface area contributed by atoms with E-state index >= 15 is 0 Å². The third-order valence-electron chi connectivity index (χ3n) is 5.54. The molecule has 4 fully saturated rings. The van der Waals surface area contributed by atoms with Gasteiger partial charge >= 0.3 is 5.97 Å².